The number of benzene rings is 1. The molecule has 9 atom stereocenters. The second kappa shape index (κ2) is 10.7. The van der Waals surface area contributed by atoms with Gasteiger partial charge < -0.3 is 55.1 Å². The van der Waals surface area contributed by atoms with Crippen molar-refractivity contribution in [2.45, 2.75) is 54.5 Å². The molecular weight excluding hydrogens is 460 g/mol. The van der Waals surface area contributed by atoms with Crippen LogP contribution in [0.4, 0.5) is 0 Å². The van der Waals surface area contributed by atoms with E-state index in [1.54, 1.807) is 30.3 Å². The van der Waals surface area contributed by atoms with Gasteiger partial charge in [0.1, 0.15) is 43.2 Å². The van der Waals surface area contributed by atoms with Crippen molar-refractivity contribution in [2.24, 2.45) is 0 Å². The number of hydrogen-bond donors (Lipinski definition) is 8. The third-order valence-electron chi connectivity index (χ3n) is 5.59. The Balaban J connectivity index is 1.97. The van der Waals surface area contributed by atoms with Crippen LogP contribution in [0.25, 0.3) is 6.08 Å². The Bertz CT molecular complexity index is 848. The van der Waals surface area contributed by atoms with Crippen LogP contribution in [0.15, 0.2) is 36.4 Å². The lowest BCUT2D eigenvalue weighted by Crippen LogP contribution is -2.70. The lowest BCUT2D eigenvalue weighted by Gasteiger charge is -2.49. The second-order valence-corrected chi connectivity index (χ2v) is 7.88. The summed E-state index contributed by atoms with van der Waals surface area (Å²) in [6.07, 6.45) is -10.9. The van der Waals surface area contributed by atoms with Crippen molar-refractivity contribution in [1.29, 1.82) is 0 Å². The largest absolute Gasteiger partial charge is 0.402 e. The van der Waals surface area contributed by atoms with Crippen molar-refractivity contribution in [1.82, 2.24) is 0 Å². The summed E-state index contributed by atoms with van der Waals surface area (Å²) in [6, 6.07) is 8.51. The Morgan fingerprint density at radius 3 is 2.06 bits per heavy atom. The van der Waals surface area contributed by atoms with Crippen molar-refractivity contribution < 1.29 is 64.6 Å². The number of ether oxygens (including phenoxy) is 4. The van der Waals surface area contributed by atoms with Gasteiger partial charge in [-0.1, -0.05) is 30.3 Å². The van der Waals surface area contributed by atoms with Gasteiger partial charge in [0.15, 0.2) is 6.10 Å². The molecule has 0 saturated carbocycles. The van der Waals surface area contributed by atoms with Crippen molar-refractivity contribution >= 4 is 12.0 Å². The average Bonchev–Trinajstić information content (AvgIpc) is 3.09. The molecule has 34 heavy (non-hydrogen) atoms. The molecule has 0 aromatic heterocycles. The summed E-state index contributed by atoms with van der Waals surface area (Å²) in [4.78, 5) is 12.6. The van der Waals surface area contributed by atoms with Crippen LogP contribution in [0.5, 0.6) is 0 Å². The fraction of sp³-hybridized carbons (Fsp3) is 0.571. The van der Waals surface area contributed by atoms with Crippen LogP contribution in [-0.2, 0) is 23.7 Å². The molecule has 0 amide bonds. The first-order valence-electron chi connectivity index (χ1n) is 10.4. The molecule has 2 aliphatic rings. The molecule has 0 bridgehead atoms. The van der Waals surface area contributed by atoms with E-state index in [9.17, 15) is 45.6 Å². The number of aliphatic hydroxyl groups excluding tert-OH is 8. The third-order valence-corrected chi connectivity index (χ3v) is 5.59. The maximum absolute atomic E-state index is 12.6. The Labute approximate surface area is 193 Å². The van der Waals surface area contributed by atoms with E-state index in [-0.39, 0.29) is 0 Å². The lowest BCUT2D eigenvalue weighted by molar-refractivity contribution is -0.497. The van der Waals surface area contributed by atoms with E-state index in [2.05, 4.69) is 0 Å². The van der Waals surface area contributed by atoms with E-state index in [0.717, 1.165) is 6.08 Å². The number of carbonyl (C=O) groups is 1. The van der Waals surface area contributed by atoms with Gasteiger partial charge in [0.2, 0.25) is 5.79 Å². The fourth-order valence-corrected chi connectivity index (χ4v) is 3.70. The molecule has 13 nitrogen and oxygen atoms in total. The predicted octanol–water partition coefficient (Wildman–Crippen LogP) is -3.81. The minimum atomic E-state index is -3.04. The summed E-state index contributed by atoms with van der Waals surface area (Å²) in [6.45, 7) is -2.93. The highest BCUT2D eigenvalue weighted by Crippen LogP contribution is 2.41. The zero-order chi connectivity index (χ0) is 25.1. The van der Waals surface area contributed by atoms with Crippen molar-refractivity contribution in [3.63, 3.8) is 0 Å². The van der Waals surface area contributed by atoms with Gasteiger partial charge in [-0.2, -0.15) is 0 Å². The van der Waals surface area contributed by atoms with E-state index in [0.29, 0.717) is 5.56 Å². The normalized spacial score (nSPS) is 40.5. The molecule has 3 rings (SSSR count). The maximum atomic E-state index is 12.6. The van der Waals surface area contributed by atoms with E-state index < -0.39 is 80.3 Å². The summed E-state index contributed by atoms with van der Waals surface area (Å²) < 4.78 is 21.2. The molecule has 2 aliphatic heterocycles. The highest BCUT2D eigenvalue weighted by molar-refractivity contribution is 5.87. The Hall–Kier alpha value is -2.01. The standard InChI is InChI=1S/C21H28O13/c22-8-12-15(26)17(28)19(30)21(32-12,33-14(25)7-6-11-4-2-1-3-5-11)34-20(10-24)18(29)16(27)13(9-23)31-20/h1-7,12-13,15-19,22-24,26-30H,8-10H2/b7-6+/t12-,13-,15-,16-,17+,18+,19-,20?,21+/m1/s1. The number of hydrogen-bond acceptors (Lipinski definition) is 13. The Kier molecular flexibility index (Phi) is 8.38. The van der Waals surface area contributed by atoms with Crippen LogP contribution >= 0.6 is 0 Å². The number of aliphatic hydroxyl groups is 8. The second-order valence-electron chi connectivity index (χ2n) is 7.88. The molecule has 8 N–H and O–H groups in total. The molecule has 190 valence electrons. The Morgan fingerprint density at radius 1 is 0.882 bits per heavy atom. The number of carbonyl (C=O) groups excluding carboxylic acids is 1. The van der Waals surface area contributed by atoms with Gasteiger partial charge in [0.25, 0.3) is 0 Å². The van der Waals surface area contributed by atoms with Crippen molar-refractivity contribution in [2.75, 3.05) is 19.8 Å². The molecule has 0 radical (unpaired) electrons. The van der Waals surface area contributed by atoms with Crippen molar-refractivity contribution in [3.05, 3.63) is 42.0 Å². The van der Waals surface area contributed by atoms with Gasteiger partial charge in [-0.15, -0.1) is 0 Å². The summed E-state index contributed by atoms with van der Waals surface area (Å²) in [5, 5.41) is 80.5. The molecule has 2 saturated heterocycles. The van der Waals surface area contributed by atoms with Crippen LogP contribution in [0, 0.1) is 0 Å². The predicted molar refractivity (Wildman–Crippen MR) is 109 cm³/mol. The first-order chi connectivity index (χ1) is 16.1. The molecule has 2 heterocycles. The van der Waals surface area contributed by atoms with E-state index in [4.69, 9.17) is 18.9 Å². The molecule has 1 aromatic carbocycles. The van der Waals surface area contributed by atoms with Gasteiger partial charge in [-0.25, -0.2) is 4.79 Å². The van der Waals surface area contributed by atoms with Crippen LogP contribution in [-0.4, -0.2) is 121 Å². The van der Waals surface area contributed by atoms with Crippen LogP contribution in [0.3, 0.4) is 0 Å². The molecule has 1 aromatic rings. The zero-order valence-corrected chi connectivity index (χ0v) is 17.8. The van der Waals surface area contributed by atoms with Gasteiger partial charge in [0.05, 0.1) is 13.2 Å². The summed E-state index contributed by atoms with van der Waals surface area (Å²) in [5.74, 6) is -6.85. The average molecular weight is 488 g/mol. The first-order valence-corrected chi connectivity index (χ1v) is 10.4. The zero-order valence-electron chi connectivity index (χ0n) is 17.8. The minimum Gasteiger partial charge on any atom is -0.402 e. The quantitative estimate of drug-likeness (QED) is 0.100. The third kappa shape index (κ3) is 5.00. The topological polar surface area (TPSA) is 216 Å². The molecule has 2 fully saturated rings. The van der Waals surface area contributed by atoms with Crippen LogP contribution < -0.4 is 0 Å². The van der Waals surface area contributed by atoms with Gasteiger partial charge in [-0.3, -0.25) is 4.74 Å². The van der Waals surface area contributed by atoms with E-state index >= 15 is 0 Å². The summed E-state index contributed by atoms with van der Waals surface area (Å²) in [5.41, 5.74) is 0.596. The minimum absolute atomic E-state index is 0.596. The van der Waals surface area contributed by atoms with Gasteiger partial charge >= 0.3 is 11.9 Å². The number of rotatable bonds is 8. The lowest BCUT2D eigenvalue weighted by atomic mass is 9.97. The number of esters is 1. The van der Waals surface area contributed by atoms with Gasteiger partial charge in [0, 0.05) is 6.08 Å². The summed E-state index contributed by atoms with van der Waals surface area (Å²) >= 11 is 0. The first kappa shape index (κ1) is 26.6. The molecular formula is C21H28O13. The van der Waals surface area contributed by atoms with Crippen molar-refractivity contribution in [3.8, 4) is 0 Å². The van der Waals surface area contributed by atoms with E-state index in [1.807, 2.05) is 0 Å². The van der Waals surface area contributed by atoms with Gasteiger partial charge in [-0.05, 0) is 11.6 Å². The summed E-state index contributed by atoms with van der Waals surface area (Å²) in [7, 11) is 0. The fourth-order valence-electron chi connectivity index (χ4n) is 3.70. The smallest absolute Gasteiger partial charge is 0.362 e. The highest BCUT2D eigenvalue weighted by Gasteiger charge is 2.65. The molecule has 0 aliphatic carbocycles. The molecule has 1 unspecified atom stereocenters. The SMILES string of the molecule is O=C(/C=C/c1ccccc1)O[C@@]1(OC2(CO)O[C@H](CO)[C@@H](O)[C@@H]2O)O[C@H](CO)[C@@H](O)[C@H](O)[C@H]1O. The van der Waals surface area contributed by atoms with E-state index in [1.165, 1.54) is 6.08 Å². The van der Waals surface area contributed by atoms with Crippen LogP contribution in [0.2, 0.25) is 0 Å². The Morgan fingerprint density at radius 2 is 1.50 bits per heavy atom. The van der Waals surface area contributed by atoms with Crippen LogP contribution in [0.1, 0.15) is 5.56 Å². The highest BCUT2D eigenvalue weighted by atomic mass is 16.9. The molecule has 0 spiro atoms. The molecule has 13 heteroatoms. The maximum Gasteiger partial charge on any atom is 0.362 e. The monoisotopic (exact) mass is 488 g/mol.